The van der Waals surface area contributed by atoms with E-state index in [1.807, 2.05) is 30.3 Å². The Balaban J connectivity index is 1.65. The first-order valence-electron chi connectivity index (χ1n) is 7.55. The first-order chi connectivity index (χ1) is 12.0. The van der Waals surface area contributed by atoms with Crippen LogP contribution in [0.25, 0.3) is 11.5 Å². The largest absolute Gasteiger partial charge is 0.452 e. The van der Waals surface area contributed by atoms with Crippen LogP contribution in [0.5, 0.6) is 0 Å². The van der Waals surface area contributed by atoms with Gasteiger partial charge in [0.1, 0.15) is 0 Å². The fraction of sp³-hybridized carbons (Fsp3) is 0.167. The molecule has 0 unspecified atom stereocenters. The lowest BCUT2D eigenvalue weighted by molar-refractivity contribution is -0.148. The lowest BCUT2D eigenvalue weighted by Gasteiger charge is -2.10. The van der Waals surface area contributed by atoms with E-state index in [9.17, 15) is 4.79 Å². The maximum atomic E-state index is 12.1. The summed E-state index contributed by atoms with van der Waals surface area (Å²) >= 11 is 11.9. The van der Waals surface area contributed by atoms with Crippen molar-refractivity contribution >= 4 is 29.2 Å². The zero-order chi connectivity index (χ0) is 17.8. The van der Waals surface area contributed by atoms with Gasteiger partial charge in [0.15, 0.2) is 6.10 Å². The van der Waals surface area contributed by atoms with Crippen LogP contribution in [0.4, 0.5) is 0 Å². The van der Waals surface area contributed by atoms with E-state index >= 15 is 0 Å². The number of rotatable bonds is 5. The molecule has 0 radical (unpaired) electrons. The first kappa shape index (κ1) is 17.5. The zero-order valence-corrected chi connectivity index (χ0v) is 14.8. The topological polar surface area (TPSA) is 65.2 Å². The van der Waals surface area contributed by atoms with E-state index in [2.05, 4.69) is 10.2 Å². The number of benzene rings is 2. The molecular formula is C18H14Cl2N2O3. The van der Waals surface area contributed by atoms with Crippen molar-refractivity contribution in [2.75, 3.05) is 0 Å². The monoisotopic (exact) mass is 376 g/mol. The van der Waals surface area contributed by atoms with Gasteiger partial charge in [-0.25, -0.2) is 0 Å². The van der Waals surface area contributed by atoms with Crippen molar-refractivity contribution in [1.29, 1.82) is 0 Å². The molecule has 0 aliphatic carbocycles. The van der Waals surface area contributed by atoms with Crippen LogP contribution >= 0.6 is 23.2 Å². The van der Waals surface area contributed by atoms with Gasteiger partial charge in [0.25, 0.3) is 5.89 Å². The van der Waals surface area contributed by atoms with Gasteiger partial charge in [-0.05, 0) is 36.8 Å². The van der Waals surface area contributed by atoms with E-state index in [0.29, 0.717) is 21.5 Å². The second-order valence-electron chi connectivity index (χ2n) is 5.36. The molecule has 0 spiro atoms. The van der Waals surface area contributed by atoms with Crippen molar-refractivity contribution in [3.63, 3.8) is 0 Å². The number of nitrogens with zero attached hydrogens (tertiary/aromatic N) is 2. The van der Waals surface area contributed by atoms with Crippen LogP contribution in [0.2, 0.25) is 10.0 Å². The minimum atomic E-state index is -0.663. The third-order valence-corrected chi connectivity index (χ3v) is 4.05. The molecule has 1 heterocycles. The number of aromatic nitrogens is 2. The van der Waals surface area contributed by atoms with Gasteiger partial charge in [-0.15, -0.1) is 10.2 Å². The van der Waals surface area contributed by atoms with Crippen molar-refractivity contribution in [1.82, 2.24) is 10.2 Å². The lowest BCUT2D eigenvalue weighted by atomic mass is 10.1. The van der Waals surface area contributed by atoms with Gasteiger partial charge in [0.05, 0.1) is 6.42 Å². The molecule has 25 heavy (non-hydrogen) atoms. The smallest absolute Gasteiger partial charge is 0.311 e. The normalized spacial score (nSPS) is 12.0. The summed E-state index contributed by atoms with van der Waals surface area (Å²) in [7, 11) is 0. The lowest BCUT2D eigenvalue weighted by Crippen LogP contribution is -2.12. The summed E-state index contributed by atoms with van der Waals surface area (Å²) < 4.78 is 10.9. The van der Waals surface area contributed by atoms with E-state index in [0.717, 1.165) is 5.56 Å². The average molecular weight is 377 g/mol. The summed E-state index contributed by atoms with van der Waals surface area (Å²) in [5.74, 6) is 0.157. The van der Waals surface area contributed by atoms with E-state index in [1.54, 1.807) is 25.1 Å². The fourth-order valence-electron chi connectivity index (χ4n) is 2.21. The van der Waals surface area contributed by atoms with Crippen LogP contribution in [0, 0.1) is 0 Å². The van der Waals surface area contributed by atoms with Gasteiger partial charge in [0, 0.05) is 15.6 Å². The summed E-state index contributed by atoms with van der Waals surface area (Å²) in [5.41, 5.74) is 1.44. The summed E-state index contributed by atoms with van der Waals surface area (Å²) in [6.07, 6.45) is -0.636. The maximum Gasteiger partial charge on any atom is 0.311 e. The molecule has 0 saturated heterocycles. The second kappa shape index (κ2) is 7.68. The number of carbonyl (C=O) groups excluding carboxylic acids is 1. The number of hydrogen-bond acceptors (Lipinski definition) is 5. The molecule has 1 aromatic heterocycles. The molecule has 2 aromatic carbocycles. The molecule has 7 heteroatoms. The van der Waals surface area contributed by atoms with Crippen LogP contribution < -0.4 is 0 Å². The number of halogens is 2. The number of hydrogen-bond donors (Lipinski definition) is 0. The molecule has 1 atom stereocenters. The molecule has 0 bridgehead atoms. The molecule has 128 valence electrons. The third-order valence-electron chi connectivity index (χ3n) is 3.47. The van der Waals surface area contributed by atoms with Gasteiger partial charge in [0.2, 0.25) is 5.89 Å². The molecule has 0 N–H and O–H groups in total. The second-order valence-corrected chi connectivity index (χ2v) is 6.20. The molecule has 5 nitrogen and oxygen atoms in total. The fourth-order valence-corrected chi connectivity index (χ4v) is 2.68. The molecule has 0 amide bonds. The first-order valence-corrected chi connectivity index (χ1v) is 8.31. The highest BCUT2D eigenvalue weighted by atomic mass is 35.5. The Kier molecular flexibility index (Phi) is 5.36. The van der Waals surface area contributed by atoms with E-state index < -0.39 is 12.1 Å². The quantitative estimate of drug-likeness (QED) is 0.593. The van der Waals surface area contributed by atoms with Crippen molar-refractivity contribution in [2.24, 2.45) is 0 Å². The van der Waals surface area contributed by atoms with Crippen LogP contribution in [-0.2, 0) is 16.0 Å². The van der Waals surface area contributed by atoms with E-state index in [1.165, 1.54) is 0 Å². The maximum absolute atomic E-state index is 12.1. The third kappa shape index (κ3) is 4.38. The van der Waals surface area contributed by atoms with Crippen LogP contribution in [0.15, 0.2) is 52.9 Å². The van der Waals surface area contributed by atoms with Gasteiger partial charge >= 0.3 is 5.97 Å². The minimum absolute atomic E-state index is 0.0278. The highest BCUT2D eigenvalue weighted by Crippen LogP contribution is 2.24. The van der Waals surface area contributed by atoms with Crippen LogP contribution in [0.1, 0.15) is 24.5 Å². The van der Waals surface area contributed by atoms with Gasteiger partial charge in [-0.1, -0.05) is 47.5 Å². The molecule has 0 saturated carbocycles. The van der Waals surface area contributed by atoms with E-state index in [-0.39, 0.29) is 12.3 Å². The number of carbonyl (C=O) groups is 1. The van der Waals surface area contributed by atoms with Crippen LogP contribution in [0.3, 0.4) is 0 Å². The summed E-state index contributed by atoms with van der Waals surface area (Å²) in [6, 6.07) is 14.3. The summed E-state index contributed by atoms with van der Waals surface area (Å²) in [6.45, 7) is 1.67. The van der Waals surface area contributed by atoms with Crippen molar-refractivity contribution in [2.45, 2.75) is 19.4 Å². The van der Waals surface area contributed by atoms with Gasteiger partial charge in [-0.3, -0.25) is 4.79 Å². The zero-order valence-electron chi connectivity index (χ0n) is 13.3. The number of ether oxygens (including phenoxy) is 1. The molecular weight excluding hydrogens is 363 g/mol. The molecule has 0 fully saturated rings. The van der Waals surface area contributed by atoms with Crippen LogP contribution in [-0.4, -0.2) is 16.2 Å². The van der Waals surface area contributed by atoms with Crippen molar-refractivity contribution < 1.29 is 13.9 Å². The standard InChI is InChI=1S/C18H14Cl2N2O3/c1-11(17-21-22-18(25-17)12-5-3-2-4-6-12)24-16(23)9-13-7-8-14(19)10-15(13)20/h2-8,10-11H,9H2,1H3/t11-/m1/s1. The van der Waals surface area contributed by atoms with Gasteiger partial charge < -0.3 is 9.15 Å². The SMILES string of the molecule is C[C@@H](OC(=O)Cc1ccc(Cl)cc1Cl)c1nnc(-c2ccccc2)o1. The predicted molar refractivity (Wildman–Crippen MR) is 94.4 cm³/mol. The highest BCUT2D eigenvalue weighted by Gasteiger charge is 2.19. The van der Waals surface area contributed by atoms with E-state index in [4.69, 9.17) is 32.4 Å². The molecule has 0 aliphatic rings. The Hall–Kier alpha value is -2.37. The molecule has 3 rings (SSSR count). The Morgan fingerprint density at radius 2 is 1.92 bits per heavy atom. The predicted octanol–water partition coefficient (Wildman–Crippen LogP) is 4.89. The Morgan fingerprint density at radius 3 is 2.64 bits per heavy atom. The van der Waals surface area contributed by atoms with Crippen molar-refractivity contribution in [3.8, 4) is 11.5 Å². The summed E-state index contributed by atoms with van der Waals surface area (Å²) in [5, 5.41) is 8.85. The summed E-state index contributed by atoms with van der Waals surface area (Å²) in [4.78, 5) is 12.1. The van der Waals surface area contributed by atoms with Crippen molar-refractivity contribution in [3.05, 3.63) is 70.0 Å². The highest BCUT2D eigenvalue weighted by molar-refractivity contribution is 6.35. The van der Waals surface area contributed by atoms with Gasteiger partial charge in [-0.2, -0.15) is 0 Å². The Bertz CT molecular complexity index is 881. The molecule has 0 aliphatic heterocycles. The Labute approximate surface area is 154 Å². The molecule has 3 aromatic rings. The minimum Gasteiger partial charge on any atom is -0.452 e. The number of esters is 1. The Morgan fingerprint density at radius 1 is 1.16 bits per heavy atom. The average Bonchev–Trinajstić information content (AvgIpc) is 3.08.